The van der Waals surface area contributed by atoms with E-state index >= 15 is 0 Å². The summed E-state index contributed by atoms with van der Waals surface area (Å²) >= 11 is 1.38. The Morgan fingerprint density at radius 1 is 1.20 bits per heavy atom. The lowest BCUT2D eigenvalue weighted by atomic mass is 10.3. The van der Waals surface area contributed by atoms with E-state index in [0.29, 0.717) is 11.4 Å². The van der Waals surface area contributed by atoms with Gasteiger partial charge in [0.15, 0.2) is 5.13 Å². The molecule has 1 aromatic carbocycles. The Balaban J connectivity index is 1.76. The molecule has 3 rings (SSSR count). The highest BCUT2D eigenvalue weighted by Crippen LogP contribution is 2.16. The monoisotopic (exact) mass is 287 g/mol. The number of hydrogen-bond acceptors (Lipinski definition) is 3. The highest BCUT2D eigenvalue weighted by atomic mass is 32.1. The van der Waals surface area contributed by atoms with E-state index in [1.165, 1.54) is 35.6 Å². The number of amides is 1. The van der Waals surface area contributed by atoms with Crippen molar-refractivity contribution in [3.8, 4) is 5.13 Å². The summed E-state index contributed by atoms with van der Waals surface area (Å²) in [6.07, 6.45) is 3.72. The molecule has 1 N–H and O–H groups in total. The van der Waals surface area contributed by atoms with Gasteiger partial charge in [-0.25, -0.2) is 9.37 Å². The molecule has 0 radical (unpaired) electrons. The van der Waals surface area contributed by atoms with Crippen molar-refractivity contribution < 1.29 is 9.18 Å². The summed E-state index contributed by atoms with van der Waals surface area (Å²) in [6, 6.07) is 9.38. The van der Waals surface area contributed by atoms with Gasteiger partial charge in [-0.05, 0) is 36.4 Å². The number of hydrogen-bond donors (Lipinski definition) is 1. The zero-order chi connectivity index (χ0) is 13.9. The maximum atomic E-state index is 12.8. The largest absolute Gasteiger partial charge is 0.321 e. The molecular weight excluding hydrogens is 277 g/mol. The minimum atomic E-state index is -0.341. The predicted molar refractivity (Wildman–Crippen MR) is 75.8 cm³/mol. The zero-order valence-electron chi connectivity index (χ0n) is 10.3. The van der Waals surface area contributed by atoms with Crippen LogP contribution in [0.5, 0.6) is 0 Å². The summed E-state index contributed by atoms with van der Waals surface area (Å²) < 4.78 is 14.6. The van der Waals surface area contributed by atoms with Gasteiger partial charge in [0.2, 0.25) is 0 Å². The Morgan fingerprint density at radius 2 is 1.90 bits per heavy atom. The van der Waals surface area contributed by atoms with Crippen LogP contribution in [0.25, 0.3) is 5.13 Å². The van der Waals surface area contributed by atoms with Gasteiger partial charge in [0, 0.05) is 23.5 Å². The molecular formula is C14H10FN3OS. The quantitative estimate of drug-likeness (QED) is 0.803. The highest BCUT2D eigenvalue weighted by molar-refractivity contribution is 7.12. The smallest absolute Gasteiger partial charge is 0.275 e. The standard InChI is InChI=1S/C14H10FN3OS/c15-10-3-5-11(6-4-10)16-13(19)12-9-20-14(17-12)18-7-1-2-8-18/h1-9H,(H,16,19). The van der Waals surface area contributed by atoms with Crippen molar-refractivity contribution in [3.63, 3.8) is 0 Å². The Hall–Kier alpha value is -2.47. The van der Waals surface area contributed by atoms with Gasteiger partial charge in [-0.15, -0.1) is 11.3 Å². The van der Waals surface area contributed by atoms with Crippen LogP contribution < -0.4 is 5.32 Å². The minimum Gasteiger partial charge on any atom is -0.321 e. The number of halogens is 1. The van der Waals surface area contributed by atoms with Gasteiger partial charge in [0.25, 0.3) is 5.91 Å². The van der Waals surface area contributed by atoms with Crippen LogP contribution in [0.15, 0.2) is 54.2 Å². The van der Waals surface area contributed by atoms with Crippen molar-refractivity contribution in [1.29, 1.82) is 0 Å². The third kappa shape index (κ3) is 2.60. The van der Waals surface area contributed by atoms with Gasteiger partial charge in [-0.1, -0.05) is 0 Å². The summed E-state index contributed by atoms with van der Waals surface area (Å²) in [5, 5.41) is 5.08. The van der Waals surface area contributed by atoms with E-state index in [0.717, 1.165) is 5.13 Å². The van der Waals surface area contributed by atoms with Gasteiger partial charge in [0.1, 0.15) is 11.5 Å². The number of nitrogens with one attached hydrogen (secondary N) is 1. The molecule has 3 aromatic rings. The second-order valence-corrected chi connectivity index (χ2v) is 4.90. The maximum absolute atomic E-state index is 12.8. The SMILES string of the molecule is O=C(Nc1ccc(F)cc1)c1csc(-n2cccc2)n1. The molecule has 0 unspecified atom stereocenters. The molecule has 4 nitrogen and oxygen atoms in total. The molecule has 6 heteroatoms. The average Bonchev–Trinajstić information content (AvgIpc) is 3.11. The number of nitrogens with zero attached hydrogens (tertiary/aromatic N) is 2. The maximum Gasteiger partial charge on any atom is 0.275 e. The van der Waals surface area contributed by atoms with Crippen LogP contribution in [0, 0.1) is 5.82 Å². The molecule has 20 heavy (non-hydrogen) atoms. The number of benzene rings is 1. The van der Waals surface area contributed by atoms with E-state index in [1.807, 2.05) is 29.1 Å². The first kappa shape index (κ1) is 12.6. The molecule has 0 atom stereocenters. The number of carbonyl (C=O) groups excluding carboxylic acids is 1. The summed E-state index contributed by atoms with van der Waals surface area (Å²) in [5.41, 5.74) is 0.870. The second-order valence-electron chi connectivity index (χ2n) is 4.07. The second kappa shape index (κ2) is 5.26. The number of anilines is 1. The summed E-state index contributed by atoms with van der Waals surface area (Å²) in [5.74, 6) is -0.655. The zero-order valence-corrected chi connectivity index (χ0v) is 11.1. The molecule has 0 bridgehead atoms. The van der Waals surface area contributed by atoms with Crippen LogP contribution in [0.3, 0.4) is 0 Å². The Labute approximate surface area is 118 Å². The summed E-state index contributed by atoms with van der Waals surface area (Å²) in [4.78, 5) is 16.3. The average molecular weight is 287 g/mol. The number of rotatable bonds is 3. The predicted octanol–water partition coefficient (Wildman–Crippen LogP) is 3.33. The molecule has 100 valence electrons. The lowest BCUT2D eigenvalue weighted by Gasteiger charge is -2.02. The molecule has 0 aliphatic carbocycles. The van der Waals surface area contributed by atoms with Gasteiger partial charge < -0.3 is 9.88 Å². The summed E-state index contributed by atoms with van der Waals surface area (Å²) in [6.45, 7) is 0. The number of thiazole rings is 1. The van der Waals surface area contributed by atoms with Crippen molar-refractivity contribution in [2.24, 2.45) is 0 Å². The third-order valence-electron chi connectivity index (χ3n) is 2.65. The molecule has 0 spiro atoms. The van der Waals surface area contributed by atoms with E-state index in [4.69, 9.17) is 0 Å². The Kier molecular flexibility index (Phi) is 3.30. The van der Waals surface area contributed by atoms with Crippen LogP contribution in [0.1, 0.15) is 10.5 Å². The Bertz CT molecular complexity index is 719. The molecule has 1 amide bonds. The van der Waals surface area contributed by atoms with E-state index < -0.39 is 0 Å². The first-order valence-electron chi connectivity index (χ1n) is 5.88. The molecule has 0 aliphatic heterocycles. The molecule has 2 heterocycles. The van der Waals surface area contributed by atoms with Gasteiger partial charge >= 0.3 is 0 Å². The van der Waals surface area contributed by atoms with Gasteiger partial charge in [0.05, 0.1) is 0 Å². The Morgan fingerprint density at radius 3 is 2.60 bits per heavy atom. The van der Waals surface area contributed by atoms with Crippen LogP contribution in [-0.4, -0.2) is 15.5 Å². The van der Waals surface area contributed by atoms with Crippen LogP contribution in [0.2, 0.25) is 0 Å². The molecule has 2 aromatic heterocycles. The van der Waals surface area contributed by atoms with Crippen LogP contribution in [0.4, 0.5) is 10.1 Å². The highest BCUT2D eigenvalue weighted by Gasteiger charge is 2.11. The first-order valence-corrected chi connectivity index (χ1v) is 6.76. The topological polar surface area (TPSA) is 46.9 Å². The fraction of sp³-hybridized carbons (Fsp3) is 0. The van der Waals surface area contributed by atoms with E-state index in [1.54, 1.807) is 5.38 Å². The van der Waals surface area contributed by atoms with Crippen molar-refractivity contribution in [2.45, 2.75) is 0 Å². The van der Waals surface area contributed by atoms with Crippen LogP contribution >= 0.6 is 11.3 Å². The van der Waals surface area contributed by atoms with E-state index in [-0.39, 0.29) is 11.7 Å². The third-order valence-corrected chi connectivity index (χ3v) is 3.51. The van der Waals surface area contributed by atoms with E-state index in [9.17, 15) is 9.18 Å². The van der Waals surface area contributed by atoms with Crippen molar-refractivity contribution in [3.05, 3.63) is 65.7 Å². The van der Waals surface area contributed by atoms with Gasteiger partial charge in [-0.2, -0.15) is 0 Å². The molecule has 0 aliphatic rings. The van der Waals surface area contributed by atoms with E-state index in [2.05, 4.69) is 10.3 Å². The molecule has 0 fully saturated rings. The fourth-order valence-electron chi connectivity index (χ4n) is 1.68. The number of carbonyl (C=O) groups is 1. The fourth-order valence-corrected chi connectivity index (χ4v) is 2.45. The number of aromatic nitrogens is 2. The van der Waals surface area contributed by atoms with Crippen molar-refractivity contribution in [2.75, 3.05) is 5.32 Å². The van der Waals surface area contributed by atoms with Crippen LogP contribution in [-0.2, 0) is 0 Å². The first-order chi connectivity index (χ1) is 9.72. The lowest BCUT2D eigenvalue weighted by molar-refractivity contribution is 0.102. The minimum absolute atomic E-state index is 0.314. The van der Waals surface area contributed by atoms with Crippen molar-refractivity contribution in [1.82, 2.24) is 9.55 Å². The van der Waals surface area contributed by atoms with Gasteiger partial charge in [-0.3, -0.25) is 4.79 Å². The van der Waals surface area contributed by atoms with Crippen molar-refractivity contribution >= 4 is 22.9 Å². The lowest BCUT2D eigenvalue weighted by Crippen LogP contribution is -2.12. The molecule has 0 saturated heterocycles. The summed E-state index contributed by atoms with van der Waals surface area (Å²) in [7, 11) is 0. The molecule has 0 saturated carbocycles. The normalized spacial score (nSPS) is 10.4.